The molecule has 0 atom stereocenters. The maximum absolute atomic E-state index is 5.52. The van der Waals surface area contributed by atoms with Crippen LogP contribution in [0.25, 0.3) is 0 Å². The Morgan fingerprint density at radius 3 is 2.59 bits per heavy atom. The summed E-state index contributed by atoms with van der Waals surface area (Å²) in [4.78, 5) is 16.2. The van der Waals surface area contributed by atoms with Crippen molar-refractivity contribution in [3.63, 3.8) is 0 Å². The number of thiazole rings is 1. The summed E-state index contributed by atoms with van der Waals surface area (Å²) in [6.07, 6.45) is 0. The Bertz CT molecular complexity index is 789. The van der Waals surface area contributed by atoms with E-state index in [-0.39, 0.29) is 24.0 Å². The summed E-state index contributed by atoms with van der Waals surface area (Å²) in [6.45, 7) is 7.27. The number of nitrogens with one attached hydrogen (secondary N) is 1. The average Bonchev–Trinajstić information content (AvgIpc) is 3.21. The summed E-state index contributed by atoms with van der Waals surface area (Å²) in [5.74, 6) is 1.89. The third kappa shape index (κ3) is 6.11. The highest BCUT2D eigenvalue weighted by atomic mass is 127. The van der Waals surface area contributed by atoms with E-state index in [9.17, 15) is 0 Å². The summed E-state index contributed by atoms with van der Waals surface area (Å²) in [5, 5.41) is 6.53. The van der Waals surface area contributed by atoms with E-state index in [1.807, 2.05) is 31.1 Å². The van der Waals surface area contributed by atoms with Gasteiger partial charge in [-0.3, -0.25) is 0 Å². The van der Waals surface area contributed by atoms with Gasteiger partial charge in [-0.05, 0) is 19.1 Å². The summed E-state index contributed by atoms with van der Waals surface area (Å²) in [7, 11) is 5.75. The second-order valence-electron chi connectivity index (χ2n) is 6.83. The summed E-state index contributed by atoms with van der Waals surface area (Å²) >= 11 is 1.65. The Labute approximate surface area is 194 Å². The van der Waals surface area contributed by atoms with E-state index in [4.69, 9.17) is 9.73 Å². The molecule has 1 N–H and O–H groups in total. The molecule has 0 aliphatic carbocycles. The number of para-hydroxylation sites is 2. The minimum absolute atomic E-state index is 0. The van der Waals surface area contributed by atoms with Crippen LogP contribution >= 0.6 is 35.3 Å². The van der Waals surface area contributed by atoms with Gasteiger partial charge in [-0.1, -0.05) is 12.1 Å². The molecule has 29 heavy (non-hydrogen) atoms. The SMILES string of the molecule is CCNC(=NCc1csc(N(C)C)n1)N1CCN(c2ccccc2OC)CC1.I. The lowest BCUT2D eigenvalue weighted by molar-refractivity contribution is 0.367. The van der Waals surface area contributed by atoms with Crippen LogP contribution in [0.1, 0.15) is 12.6 Å². The summed E-state index contributed by atoms with van der Waals surface area (Å²) in [6, 6.07) is 8.21. The van der Waals surface area contributed by atoms with Gasteiger partial charge in [-0.25, -0.2) is 9.98 Å². The first-order valence-electron chi connectivity index (χ1n) is 9.65. The maximum atomic E-state index is 5.52. The predicted molar refractivity (Wildman–Crippen MR) is 133 cm³/mol. The van der Waals surface area contributed by atoms with Crippen molar-refractivity contribution >= 4 is 52.1 Å². The molecule has 7 nitrogen and oxygen atoms in total. The van der Waals surface area contributed by atoms with Crippen molar-refractivity contribution in [3.8, 4) is 5.75 Å². The highest BCUT2D eigenvalue weighted by Gasteiger charge is 2.21. The first-order valence-corrected chi connectivity index (χ1v) is 10.5. The lowest BCUT2D eigenvalue weighted by Gasteiger charge is -2.38. The Balaban J connectivity index is 0.00000300. The molecule has 1 saturated heterocycles. The number of hydrogen-bond donors (Lipinski definition) is 1. The van der Waals surface area contributed by atoms with Crippen molar-refractivity contribution in [1.82, 2.24) is 15.2 Å². The van der Waals surface area contributed by atoms with Gasteiger partial charge in [0, 0.05) is 52.2 Å². The molecule has 2 heterocycles. The molecule has 1 aliphatic rings. The maximum Gasteiger partial charge on any atom is 0.194 e. The summed E-state index contributed by atoms with van der Waals surface area (Å²) < 4.78 is 5.52. The molecule has 0 spiro atoms. The second kappa shape index (κ2) is 11.4. The summed E-state index contributed by atoms with van der Waals surface area (Å²) in [5.41, 5.74) is 2.17. The fourth-order valence-electron chi connectivity index (χ4n) is 3.21. The highest BCUT2D eigenvalue weighted by Crippen LogP contribution is 2.28. The minimum atomic E-state index is 0. The smallest absolute Gasteiger partial charge is 0.194 e. The molecule has 1 aliphatic heterocycles. The highest BCUT2D eigenvalue weighted by molar-refractivity contribution is 14.0. The third-order valence-corrected chi connectivity index (χ3v) is 5.71. The van der Waals surface area contributed by atoms with E-state index in [1.54, 1.807) is 18.4 Å². The molecule has 3 rings (SSSR count). The first-order chi connectivity index (χ1) is 13.6. The van der Waals surface area contributed by atoms with E-state index in [0.29, 0.717) is 6.54 Å². The zero-order chi connectivity index (χ0) is 19.9. The van der Waals surface area contributed by atoms with Gasteiger partial charge in [0.2, 0.25) is 0 Å². The molecule has 2 aromatic rings. The van der Waals surface area contributed by atoms with Crippen molar-refractivity contribution in [2.75, 3.05) is 63.7 Å². The topological polar surface area (TPSA) is 56.2 Å². The zero-order valence-corrected chi connectivity index (χ0v) is 20.7. The van der Waals surface area contributed by atoms with Crippen LogP contribution in [0.3, 0.4) is 0 Å². The molecular formula is C20H31IN6OS. The van der Waals surface area contributed by atoms with Crippen molar-refractivity contribution < 1.29 is 4.74 Å². The van der Waals surface area contributed by atoms with Crippen LogP contribution in [0.5, 0.6) is 5.75 Å². The van der Waals surface area contributed by atoms with E-state index < -0.39 is 0 Å². The van der Waals surface area contributed by atoms with Crippen LogP contribution in [0.15, 0.2) is 34.6 Å². The standard InChI is InChI=1S/C20H30N6OS.HI/c1-5-21-19(22-14-16-15-28-20(23-16)24(2)3)26-12-10-25(11-13-26)17-8-6-7-9-18(17)27-4;/h6-9,15H,5,10-14H2,1-4H3,(H,21,22);1H. The fraction of sp³-hybridized carbons (Fsp3) is 0.500. The third-order valence-electron chi connectivity index (χ3n) is 4.65. The van der Waals surface area contributed by atoms with Gasteiger partial charge >= 0.3 is 0 Å². The number of guanidine groups is 1. The second-order valence-corrected chi connectivity index (χ2v) is 7.67. The van der Waals surface area contributed by atoms with Gasteiger partial charge in [0.1, 0.15) is 5.75 Å². The molecule has 0 saturated carbocycles. The van der Waals surface area contributed by atoms with E-state index in [1.165, 1.54) is 0 Å². The quantitative estimate of drug-likeness (QED) is 0.352. The first kappa shape index (κ1) is 23.5. The monoisotopic (exact) mass is 530 g/mol. The van der Waals surface area contributed by atoms with Crippen LogP contribution in [0.4, 0.5) is 10.8 Å². The van der Waals surface area contributed by atoms with E-state index in [2.05, 4.69) is 44.5 Å². The van der Waals surface area contributed by atoms with Crippen molar-refractivity contribution in [2.24, 2.45) is 4.99 Å². The number of aromatic nitrogens is 1. The number of rotatable bonds is 6. The number of anilines is 2. The van der Waals surface area contributed by atoms with Crippen LogP contribution in [0.2, 0.25) is 0 Å². The fourth-order valence-corrected chi connectivity index (χ4v) is 3.96. The van der Waals surface area contributed by atoms with Crippen LogP contribution < -0.4 is 19.9 Å². The number of halogens is 1. The van der Waals surface area contributed by atoms with Gasteiger partial charge in [-0.15, -0.1) is 35.3 Å². The number of ether oxygens (including phenoxy) is 1. The molecule has 0 unspecified atom stereocenters. The molecule has 0 bridgehead atoms. The van der Waals surface area contributed by atoms with Gasteiger partial charge in [0.05, 0.1) is 25.0 Å². The number of aliphatic imine (C=N–C) groups is 1. The minimum Gasteiger partial charge on any atom is -0.495 e. The molecular weight excluding hydrogens is 499 g/mol. The van der Waals surface area contributed by atoms with E-state index in [0.717, 1.165) is 60.9 Å². The normalized spacial score (nSPS) is 14.4. The lowest BCUT2D eigenvalue weighted by atomic mass is 10.2. The largest absolute Gasteiger partial charge is 0.495 e. The van der Waals surface area contributed by atoms with Gasteiger partial charge in [0.25, 0.3) is 0 Å². The molecule has 0 amide bonds. The Kier molecular flexibility index (Phi) is 9.28. The Morgan fingerprint density at radius 2 is 1.97 bits per heavy atom. The molecule has 160 valence electrons. The molecule has 1 fully saturated rings. The predicted octanol–water partition coefficient (Wildman–Crippen LogP) is 3.12. The average molecular weight is 530 g/mol. The van der Waals surface area contributed by atoms with Crippen LogP contribution in [-0.2, 0) is 6.54 Å². The van der Waals surface area contributed by atoms with Crippen LogP contribution in [-0.4, -0.2) is 69.8 Å². The molecule has 9 heteroatoms. The number of nitrogens with zero attached hydrogens (tertiary/aromatic N) is 5. The number of piperazine rings is 1. The van der Waals surface area contributed by atoms with Crippen molar-refractivity contribution in [1.29, 1.82) is 0 Å². The molecule has 1 aromatic heterocycles. The van der Waals surface area contributed by atoms with Gasteiger partial charge < -0.3 is 24.8 Å². The van der Waals surface area contributed by atoms with Crippen molar-refractivity contribution in [2.45, 2.75) is 13.5 Å². The molecule has 1 aromatic carbocycles. The zero-order valence-electron chi connectivity index (χ0n) is 17.6. The van der Waals surface area contributed by atoms with Crippen molar-refractivity contribution in [3.05, 3.63) is 35.3 Å². The number of hydrogen-bond acceptors (Lipinski definition) is 6. The lowest BCUT2D eigenvalue weighted by Crippen LogP contribution is -2.52. The van der Waals surface area contributed by atoms with Crippen LogP contribution in [0, 0.1) is 0 Å². The number of methoxy groups -OCH3 is 1. The Hall–Kier alpha value is -1.75. The van der Waals surface area contributed by atoms with E-state index >= 15 is 0 Å². The van der Waals surface area contributed by atoms with Gasteiger partial charge in [-0.2, -0.15) is 0 Å². The van der Waals surface area contributed by atoms with Gasteiger partial charge in [0.15, 0.2) is 11.1 Å². The number of benzene rings is 1. The Morgan fingerprint density at radius 1 is 1.24 bits per heavy atom. The molecule has 0 radical (unpaired) electrons.